The number of pyridine rings is 2. The van der Waals surface area contributed by atoms with Gasteiger partial charge in [0.2, 0.25) is 5.71 Å². The Morgan fingerprint density at radius 2 is 1.56 bits per heavy atom. The average Bonchev–Trinajstić information content (AvgIpc) is 3.94. The summed E-state index contributed by atoms with van der Waals surface area (Å²) < 4.78 is 29.7. The number of imidazole rings is 1. The first-order valence-electron chi connectivity index (χ1n) is 21.6. The van der Waals surface area contributed by atoms with Crippen molar-refractivity contribution >= 4 is 82.3 Å². The Kier molecular flexibility index (Phi) is 11.0. The van der Waals surface area contributed by atoms with Crippen molar-refractivity contribution in [2.75, 3.05) is 0 Å². The number of rotatable bonds is 6. The molecule has 61 heavy (non-hydrogen) atoms. The maximum atomic E-state index is 8.70. The Morgan fingerprint density at radius 1 is 0.803 bits per heavy atom. The van der Waals surface area contributed by atoms with Gasteiger partial charge in [-0.3, -0.25) is 4.98 Å². The standard InChI is InChI=1S/C31H18N3OS.C22H32GeN.Ir/c1-18-13-15-22-21-8-6-9-23(29(21)35-31(22)32-18)30-33-25-10-3-4-11-26(25)34(30)19-14-16-28-24(17-19)20-7-2-5-12-27(20)36-28;1-16(2)12-18-14-21(24-15-20(18)23(6,7)8)17-10-9-11-19(13-17)22(3,4)5;/h2-8,10-17H,1H3;9,11,13-16H,12H2,1-8H3;/q2*-1;/i;12D2;. The van der Waals surface area contributed by atoms with E-state index in [1.807, 2.05) is 74.7 Å². The first-order valence-corrected chi connectivity index (χ1v) is 28.8. The normalized spacial score (nSPS) is 12.8. The van der Waals surface area contributed by atoms with Gasteiger partial charge in [0, 0.05) is 57.0 Å². The maximum Gasteiger partial charge on any atom is 0 e. The molecular formula is C53H50GeIrN4OS-2. The van der Waals surface area contributed by atoms with E-state index in [0.717, 1.165) is 71.4 Å². The molecule has 0 aliphatic heterocycles. The van der Waals surface area contributed by atoms with Gasteiger partial charge in [-0.25, -0.2) is 4.98 Å². The molecule has 1 radical (unpaired) electrons. The summed E-state index contributed by atoms with van der Waals surface area (Å²) in [6.45, 7) is 12.5. The van der Waals surface area contributed by atoms with E-state index >= 15 is 0 Å². The number of thiophene rings is 1. The van der Waals surface area contributed by atoms with Crippen LogP contribution in [0, 0.1) is 25.0 Å². The van der Waals surface area contributed by atoms with Crippen LogP contribution in [0.4, 0.5) is 0 Å². The topological polar surface area (TPSA) is 56.7 Å². The number of benzene rings is 5. The van der Waals surface area contributed by atoms with Gasteiger partial charge in [-0.05, 0) is 55.5 Å². The average molecular weight is 1060 g/mol. The number of hydrogen-bond acceptors (Lipinski definition) is 5. The van der Waals surface area contributed by atoms with Crippen molar-refractivity contribution in [3.63, 3.8) is 0 Å². The fraction of sp³-hybridized carbons (Fsp3) is 0.226. The number of nitrogens with zero attached hydrogens (tertiary/aromatic N) is 4. The Balaban J connectivity index is 0.000000181. The summed E-state index contributed by atoms with van der Waals surface area (Å²) in [6.07, 6.45) is 0.565. The Labute approximate surface area is 381 Å². The third kappa shape index (κ3) is 8.38. The van der Waals surface area contributed by atoms with Crippen LogP contribution in [-0.2, 0) is 31.9 Å². The fourth-order valence-corrected chi connectivity index (χ4v) is 11.9. The van der Waals surface area contributed by atoms with Crippen molar-refractivity contribution in [1.29, 1.82) is 0 Å². The van der Waals surface area contributed by atoms with Crippen molar-refractivity contribution in [3.05, 3.63) is 150 Å². The van der Waals surface area contributed by atoms with Gasteiger partial charge in [-0.2, -0.15) is 0 Å². The molecule has 5 aromatic carbocycles. The Hall–Kier alpha value is -4.92. The number of hydrogen-bond donors (Lipinski definition) is 0. The molecule has 0 unspecified atom stereocenters. The minimum absolute atomic E-state index is 0. The second-order valence-electron chi connectivity index (χ2n) is 17.9. The number of para-hydroxylation sites is 2. The largest absolute Gasteiger partial charge is 0 e. The van der Waals surface area contributed by atoms with Crippen molar-refractivity contribution in [2.24, 2.45) is 5.92 Å². The molecule has 0 aliphatic rings. The molecule has 0 N–H and O–H groups in total. The molecule has 0 saturated heterocycles. The summed E-state index contributed by atoms with van der Waals surface area (Å²) in [6, 6.07) is 46.5. The van der Waals surface area contributed by atoms with Gasteiger partial charge in [0.05, 0.1) is 22.4 Å². The molecule has 5 aromatic heterocycles. The summed E-state index contributed by atoms with van der Waals surface area (Å²) in [5, 5.41) is 4.55. The zero-order valence-corrected chi connectivity index (χ0v) is 41.4. The molecule has 0 bridgehead atoms. The van der Waals surface area contributed by atoms with E-state index in [-0.39, 0.29) is 31.4 Å². The summed E-state index contributed by atoms with van der Waals surface area (Å²) in [7, 11) is 0. The van der Waals surface area contributed by atoms with Crippen molar-refractivity contribution < 1.29 is 27.3 Å². The van der Waals surface area contributed by atoms with Gasteiger partial charge in [-0.15, -0.1) is 29.5 Å². The van der Waals surface area contributed by atoms with Gasteiger partial charge < -0.3 is 8.98 Å². The maximum absolute atomic E-state index is 8.70. The smallest absolute Gasteiger partial charge is 0 e. The molecule has 10 aromatic rings. The minimum Gasteiger partial charge on any atom is 0 e. The van der Waals surface area contributed by atoms with Crippen LogP contribution in [0.15, 0.2) is 126 Å². The van der Waals surface area contributed by atoms with E-state index in [0.29, 0.717) is 5.71 Å². The van der Waals surface area contributed by atoms with E-state index in [9.17, 15) is 0 Å². The number of aryl methyl sites for hydroxylation is 1. The zero-order chi connectivity index (χ0) is 43.7. The third-order valence-corrected chi connectivity index (χ3v) is 16.3. The molecule has 0 amide bonds. The predicted molar refractivity (Wildman–Crippen MR) is 257 cm³/mol. The summed E-state index contributed by atoms with van der Waals surface area (Å²) >= 11 is -0.427. The van der Waals surface area contributed by atoms with Crippen LogP contribution in [0.25, 0.3) is 81.6 Å². The second kappa shape index (κ2) is 16.7. The fourth-order valence-electron chi connectivity index (χ4n) is 7.90. The van der Waals surface area contributed by atoms with E-state index in [4.69, 9.17) is 17.1 Å². The number of aromatic nitrogens is 4. The van der Waals surface area contributed by atoms with Crippen molar-refractivity contribution in [1.82, 2.24) is 19.5 Å². The van der Waals surface area contributed by atoms with E-state index < -0.39 is 19.6 Å². The Bertz CT molecular complexity index is 3320. The summed E-state index contributed by atoms with van der Waals surface area (Å²) in [5.74, 6) is 7.59. The van der Waals surface area contributed by atoms with E-state index in [1.54, 1.807) is 0 Å². The molecular weight excluding hydrogens is 1010 g/mol. The first kappa shape index (κ1) is 40.2. The molecule has 0 atom stereocenters. The van der Waals surface area contributed by atoms with Crippen molar-refractivity contribution in [2.45, 2.75) is 70.6 Å². The SMILES string of the molecule is Cc1ccc2c(n1)oc1c(-c3nc4ccccc4n3-c3ccc4sc5ccccc5c4c3)[c-]ccc12.[2H]C([2H])(c1cc(-c2[c-]ccc(C(C)(C)C)c2)nc[c]1[Ge]([CH3])([CH3])[CH3])C(C)C.[Ir]. The third-order valence-electron chi connectivity index (χ3n) is 10.9. The van der Waals surface area contributed by atoms with E-state index in [1.165, 1.54) is 25.7 Å². The zero-order valence-electron chi connectivity index (χ0n) is 38.1. The van der Waals surface area contributed by atoms with Gasteiger partial charge in [0.25, 0.3) is 0 Å². The molecule has 0 saturated carbocycles. The first-order chi connectivity index (χ1) is 29.5. The van der Waals surface area contributed by atoms with E-state index in [2.05, 4.69) is 139 Å². The molecule has 309 valence electrons. The Morgan fingerprint density at radius 3 is 2.34 bits per heavy atom. The number of fused-ring (bicyclic) bond motifs is 7. The summed E-state index contributed by atoms with van der Waals surface area (Å²) in [4.78, 5) is 14.4. The van der Waals surface area contributed by atoms with Gasteiger partial charge in [0.15, 0.2) is 0 Å². The molecule has 0 spiro atoms. The van der Waals surface area contributed by atoms with Crippen LogP contribution in [0.5, 0.6) is 0 Å². The van der Waals surface area contributed by atoms with Crippen LogP contribution < -0.4 is 4.40 Å². The minimum atomic E-state index is -2.25. The van der Waals surface area contributed by atoms with Crippen LogP contribution >= 0.6 is 11.3 Å². The van der Waals surface area contributed by atoms with Crippen LogP contribution in [-0.4, -0.2) is 32.8 Å². The molecule has 5 nitrogen and oxygen atoms in total. The van der Waals surface area contributed by atoms with Gasteiger partial charge >= 0.3 is 154 Å². The molecule has 0 fully saturated rings. The van der Waals surface area contributed by atoms with Crippen LogP contribution in [0.3, 0.4) is 0 Å². The number of furan rings is 1. The van der Waals surface area contributed by atoms with Crippen molar-refractivity contribution in [3.8, 4) is 28.3 Å². The molecule has 10 rings (SSSR count). The second-order valence-corrected chi connectivity index (χ2v) is 29.6. The van der Waals surface area contributed by atoms with Gasteiger partial charge in [-0.1, -0.05) is 41.3 Å². The molecule has 5 heterocycles. The quantitative estimate of drug-likeness (QED) is 0.123. The molecule has 8 heteroatoms. The monoisotopic (exact) mass is 1060 g/mol. The van der Waals surface area contributed by atoms with Crippen LogP contribution in [0.2, 0.25) is 17.3 Å². The predicted octanol–water partition coefficient (Wildman–Crippen LogP) is 14.1. The summed E-state index contributed by atoms with van der Waals surface area (Å²) in [5.41, 5.74) is 10.0. The van der Waals surface area contributed by atoms with Gasteiger partial charge in [0.1, 0.15) is 0 Å². The van der Waals surface area contributed by atoms with Crippen LogP contribution in [0.1, 0.15) is 54.2 Å². The molecule has 0 aliphatic carbocycles.